The Hall–Kier alpha value is -0.300. The molecule has 1 heteroatoms. The molecule has 1 radical (unpaired) electrons. The van der Waals surface area contributed by atoms with E-state index >= 15 is 0 Å². The topological polar surface area (TPSA) is 12.5 Å². The number of ether oxygens (including phenoxy) is 1. The van der Waals surface area contributed by atoms with Crippen LogP contribution in [0.4, 0.5) is 0 Å². The molecule has 0 aliphatic carbocycles. The molecule has 1 saturated heterocycles. The highest BCUT2D eigenvalue weighted by atomic mass is 16.6. The lowest BCUT2D eigenvalue weighted by Gasteiger charge is -1.97. The lowest BCUT2D eigenvalue weighted by atomic mass is 10.1. The number of rotatable bonds is 3. The second kappa shape index (κ2) is 2.31. The molecule has 0 aromatic carbocycles. The van der Waals surface area contributed by atoms with E-state index < -0.39 is 0 Å². The Labute approximate surface area is 50.3 Å². The maximum atomic E-state index is 5.01. The van der Waals surface area contributed by atoms with Crippen LogP contribution in [-0.4, -0.2) is 12.7 Å². The third-order valence-corrected chi connectivity index (χ3v) is 1.30. The number of epoxide rings is 1. The fourth-order valence-corrected chi connectivity index (χ4v) is 0.628. The fraction of sp³-hybridized carbons (Fsp3) is 0.571. The zero-order chi connectivity index (χ0) is 5.98. The first-order valence-electron chi connectivity index (χ1n) is 2.89. The monoisotopic (exact) mass is 111 g/mol. The number of hydrogen-bond donors (Lipinski definition) is 0. The van der Waals surface area contributed by atoms with Crippen molar-refractivity contribution < 1.29 is 4.74 Å². The molecular weight excluding hydrogens is 100 g/mol. The minimum Gasteiger partial charge on any atom is -0.373 e. The van der Waals surface area contributed by atoms with Gasteiger partial charge >= 0.3 is 0 Å². The van der Waals surface area contributed by atoms with Gasteiger partial charge in [-0.3, -0.25) is 0 Å². The highest BCUT2D eigenvalue weighted by Gasteiger charge is 2.23. The predicted octanol–water partition coefficient (Wildman–Crippen LogP) is 1.56. The van der Waals surface area contributed by atoms with Gasteiger partial charge in [0.25, 0.3) is 0 Å². The zero-order valence-electron chi connectivity index (χ0n) is 5.18. The van der Waals surface area contributed by atoms with E-state index in [2.05, 4.69) is 13.5 Å². The molecule has 0 N–H and O–H groups in total. The van der Waals surface area contributed by atoms with Crippen LogP contribution in [0.3, 0.4) is 0 Å². The molecule has 1 rings (SSSR count). The third-order valence-electron chi connectivity index (χ3n) is 1.30. The molecule has 1 heterocycles. The Morgan fingerprint density at radius 1 is 2.00 bits per heavy atom. The van der Waals surface area contributed by atoms with Crippen LogP contribution in [0.5, 0.6) is 0 Å². The van der Waals surface area contributed by atoms with Gasteiger partial charge < -0.3 is 4.74 Å². The Morgan fingerprint density at radius 3 is 3.00 bits per heavy atom. The van der Waals surface area contributed by atoms with Gasteiger partial charge in [0.2, 0.25) is 0 Å². The summed E-state index contributed by atoms with van der Waals surface area (Å²) in [5.74, 6) is 1.33. The van der Waals surface area contributed by atoms with Gasteiger partial charge in [-0.15, -0.1) is 6.58 Å². The van der Waals surface area contributed by atoms with Gasteiger partial charge in [-0.2, -0.15) is 0 Å². The Bertz CT molecular complexity index is 84.4. The highest BCUT2D eigenvalue weighted by molar-refractivity contribution is 5.04. The molecule has 0 spiro atoms. The van der Waals surface area contributed by atoms with Crippen molar-refractivity contribution in [3.63, 3.8) is 0 Å². The first-order valence-corrected chi connectivity index (χ1v) is 2.89. The van der Waals surface area contributed by atoms with Crippen molar-refractivity contribution in [3.05, 3.63) is 18.6 Å². The van der Waals surface area contributed by atoms with Crippen molar-refractivity contribution in [2.75, 3.05) is 6.61 Å². The SMILES string of the molecule is C=C[C](C)CC1CO1. The fourth-order valence-electron chi connectivity index (χ4n) is 0.628. The maximum Gasteiger partial charge on any atom is 0.0818 e. The van der Waals surface area contributed by atoms with Gasteiger partial charge in [0, 0.05) is 0 Å². The van der Waals surface area contributed by atoms with Crippen molar-refractivity contribution in [2.24, 2.45) is 0 Å². The molecule has 0 saturated carbocycles. The second-order valence-electron chi connectivity index (χ2n) is 2.21. The summed E-state index contributed by atoms with van der Waals surface area (Å²) in [6.07, 6.45) is 3.48. The van der Waals surface area contributed by atoms with Crippen LogP contribution in [0.15, 0.2) is 12.7 Å². The van der Waals surface area contributed by atoms with E-state index in [1.54, 1.807) is 0 Å². The average molecular weight is 111 g/mol. The van der Waals surface area contributed by atoms with Crippen LogP contribution < -0.4 is 0 Å². The Balaban J connectivity index is 2.06. The molecular formula is C7H11O. The predicted molar refractivity (Wildman–Crippen MR) is 33.5 cm³/mol. The molecule has 1 aliphatic rings. The molecule has 1 nitrogen and oxygen atoms in total. The Morgan fingerprint density at radius 2 is 2.62 bits per heavy atom. The van der Waals surface area contributed by atoms with Crippen molar-refractivity contribution in [2.45, 2.75) is 19.4 Å². The second-order valence-corrected chi connectivity index (χ2v) is 2.21. The largest absolute Gasteiger partial charge is 0.373 e. The molecule has 0 aromatic heterocycles. The molecule has 0 aromatic rings. The molecule has 1 atom stereocenters. The summed E-state index contributed by atoms with van der Waals surface area (Å²) >= 11 is 0. The molecule has 1 fully saturated rings. The zero-order valence-corrected chi connectivity index (χ0v) is 5.18. The summed E-state index contributed by atoms with van der Waals surface area (Å²) in [6, 6.07) is 0. The van der Waals surface area contributed by atoms with Gasteiger partial charge in [-0.05, 0) is 12.3 Å². The number of hydrogen-bond acceptors (Lipinski definition) is 1. The van der Waals surface area contributed by atoms with Crippen LogP contribution >= 0.6 is 0 Å². The molecule has 0 bridgehead atoms. The van der Waals surface area contributed by atoms with E-state index in [1.165, 1.54) is 5.92 Å². The summed E-state index contributed by atoms with van der Waals surface area (Å²) < 4.78 is 5.01. The summed E-state index contributed by atoms with van der Waals surface area (Å²) in [5, 5.41) is 0. The van der Waals surface area contributed by atoms with Crippen LogP contribution in [0, 0.1) is 5.92 Å². The summed E-state index contributed by atoms with van der Waals surface area (Å²) in [5.41, 5.74) is 0. The Kier molecular flexibility index (Phi) is 1.69. The number of allylic oxidation sites excluding steroid dienone is 1. The minimum atomic E-state index is 0.521. The van der Waals surface area contributed by atoms with Crippen LogP contribution in [0.2, 0.25) is 0 Å². The maximum absolute atomic E-state index is 5.01. The van der Waals surface area contributed by atoms with E-state index in [0.29, 0.717) is 6.10 Å². The third kappa shape index (κ3) is 1.66. The van der Waals surface area contributed by atoms with Gasteiger partial charge in [-0.1, -0.05) is 13.0 Å². The van der Waals surface area contributed by atoms with E-state index in [9.17, 15) is 0 Å². The van der Waals surface area contributed by atoms with Crippen molar-refractivity contribution in [1.29, 1.82) is 0 Å². The summed E-state index contributed by atoms with van der Waals surface area (Å²) in [6.45, 7) is 6.68. The van der Waals surface area contributed by atoms with Gasteiger partial charge in [0.05, 0.1) is 12.7 Å². The standard InChI is InChI=1S/C7H11O/c1-3-6(2)4-7-5-8-7/h3,7H,1,4-5H2,2H3. The van der Waals surface area contributed by atoms with Crippen LogP contribution in [-0.2, 0) is 4.74 Å². The van der Waals surface area contributed by atoms with Crippen molar-refractivity contribution in [1.82, 2.24) is 0 Å². The van der Waals surface area contributed by atoms with Crippen LogP contribution in [0.1, 0.15) is 13.3 Å². The van der Waals surface area contributed by atoms with E-state index in [-0.39, 0.29) is 0 Å². The van der Waals surface area contributed by atoms with E-state index in [4.69, 9.17) is 4.74 Å². The average Bonchev–Trinajstić information content (AvgIpc) is 2.50. The van der Waals surface area contributed by atoms with E-state index in [1.807, 2.05) is 6.08 Å². The lowest BCUT2D eigenvalue weighted by molar-refractivity contribution is 0.402. The van der Waals surface area contributed by atoms with Gasteiger partial charge in [0.15, 0.2) is 0 Å². The highest BCUT2D eigenvalue weighted by Crippen LogP contribution is 2.20. The van der Waals surface area contributed by atoms with Gasteiger partial charge in [-0.25, -0.2) is 0 Å². The quantitative estimate of drug-likeness (QED) is 0.503. The van der Waals surface area contributed by atoms with Crippen molar-refractivity contribution in [3.8, 4) is 0 Å². The molecule has 1 unspecified atom stereocenters. The summed E-state index contributed by atoms with van der Waals surface area (Å²) in [7, 11) is 0. The van der Waals surface area contributed by atoms with Crippen LogP contribution in [0.25, 0.3) is 0 Å². The van der Waals surface area contributed by atoms with E-state index in [0.717, 1.165) is 13.0 Å². The summed E-state index contributed by atoms with van der Waals surface area (Å²) in [4.78, 5) is 0. The molecule has 45 valence electrons. The first-order chi connectivity index (χ1) is 3.83. The van der Waals surface area contributed by atoms with Gasteiger partial charge in [0.1, 0.15) is 0 Å². The smallest absolute Gasteiger partial charge is 0.0818 e. The normalized spacial score (nSPS) is 26.0. The minimum absolute atomic E-state index is 0.521. The van der Waals surface area contributed by atoms with Crippen molar-refractivity contribution >= 4 is 0 Å². The molecule has 0 amide bonds. The first kappa shape index (κ1) is 5.83. The lowest BCUT2D eigenvalue weighted by Crippen LogP contribution is -1.91. The molecule has 1 aliphatic heterocycles. The molecule has 8 heavy (non-hydrogen) atoms.